The van der Waals surface area contributed by atoms with Crippen molar-refractivity contribution >= 4 is 35.0 Å². The molecule has 0 aromatic heterocycles. The third-order valence-electron chi connectivity index (χ3n) is 5.69. The quantitative estimate of drug-likeness (QED) is 0.344. The largest absolute Gasteiger partial charge is 0.376 e. The molecule has 2 aromatic rings. The lowest BCUT2D eigenvalue weighted by Gasteiger charge is -2.15. The molecule has 11 nitrogen and oxygen atoms in total. The Morgan fingerprint density at radius 3 is 2.62 bits per heavy atom. The van der Waals surface area contributed by atoms with Crippen LogP contribution in [-0.4, -0.2) is 59.3 Å². The van der Waals surface area contributed by atoms with Gasteiger partial charge in [0.25, 0.3) is 23.4 Å². The molecule has 2 aliphatic rings. The molecule has 0 spiro atoms. The Bertz CT molecular complexity index is 1170. The van der Waals surface area contributed by atoms with E-state index in [2.05, 4.69) is 10.6 Å². The molecule has 0 saturated carbocycles. The van der Waals surface area contributed by atoms with Crippen LogP contribution < -0.4 is 10.6 Å². The lowest BCUT2D eigenvalue weighted by molar-refractivity contribution is -0.384. The van der Waals surface area contributed by atoms with Crippen LogP contribution >= 0.6 is 0 Å². The van der Waals surface area contributed by atoms with Crippen LogP contribution in [0, 0.1) is 10.1 Å². The number of amides is 4. The van der Waals surface area contributed by atoms with Gasteiger partial charge in [-0.1, -0.05) is 12.1 Å². The highest BCUT2D eigenvalue weighted by Gasteiger charge is 2.36. The van der Waals surface area contributed by atoms with Gasteiger partial charge >= 0.3 is 0 Å². The van der Waals surface area contributed by atoms with Crippen LogP contribution in [-0.2, 0) is 9.53 Å². The number of nitrogens with one attached hydrogen (secondary N) is 2. The number of non-ortho nitro benzene ring substituents is 1. The van der Waals surface area contributed by atoms with Crippen molar-refractivity contribution in [1.82, 2.24) is 10.2 Å². The van der Waals surface area contributed by atoms with Crippen LogP contribution in [0.3, 0.4) is 0 Å². The minimum atomic E-state index is -0.689. The Labute approximate surface area is 194 Å². The number of carbonyl (C=O) groups is 4. The molecule has 2 N–H and O–H groups in total. The molecule has 4 amide bonds. The van der Waals surface area contributed by atoms with Crippen LogP contribution in [0.25, 0.3) is 0 Å². The molecule has 0 bridgehead atoms. The molecule has 1 fully saturated rings. The van der Waals surface area contributed by atoms with Gasteiger partial charge in [0, 0.05) is 38.2 Å². The highest BCUT2D eigenvalue weighted by molar-refractivity contribution is 6.21. The van der Waals surface area contributed by atoms with E-state index in [1.165, 1.54) is 6.07 Å². The van der Waals surface area contributed by atoms with E-state index < -0.39 is 22.6 Å². The summed E-state index contributed by atoms with van der Waals surface area (Å²) in [5.41, 5.74) is 0.281. The van der Waals surface area contributed by atoms with Gasteiger partial charge in [-0.3, -0.25) is 34.2 Å². The number of para-hydroxylation sites is 1. The van der Waals surface area contributed by atoms with Crippen LogP contribution in [0.5, 0.6) is 0 Å². The fourth-order valence-electron chi connectivity index (χ4n) is 3.92. The van der Waals surface area contributed by atoms with Gasteiger partial charge in [-0.05, 0) is 31.0 Å². The maximum atomic E-state index is 12.6. The lowest BCUT2D eigenvalue weighted by atomic mass is 10.1. The number of nitro benzene ring substituents is 1. The summed E-state index contributed by atoms with van der Waals surface area (Å²) in [6, 6.07) is 9.96. The first kappa shape index (κ1) is 23.1. The van der Waals surface area contributed by atoms with Gasteiger partial charge in [0.05, 0.1) is 33.4 Å². The molecule has 0 radical (unpaired) electrons. The Kier molecular flexibility index (Phi) is 6.64. The number of hydrogen-bond acceptors (Lipinski definition) is 7. The van der Waals surface area contributed by atoms with Gasteiger partial charge < -0.3 is 15.4 Å². The molecule has 1 atom stereocenters. The van der Waals surface area contributed by atoms with Crippen LogP contribution in [0.2, 0.25) is 0 Å². The van der Waals surface area contributed by atoms with E-state index in [0.29, 0.717) is 18.8 Å². The van der Waals surface area contributed by atoms with E-state index in [9.17, 15) is 29.3 Å². The first-order valence-corrected chi connectivity index (χ1v) is 10.8. The summed E-state index contributed by atoms with van der Waals surface area (Å²) < 4.78 is 5.50. The van der Waals surface area contributed by atoms with Gasteiger partial charge in [0.2, 0.25) is 5.91 Å². The predicted molar refractivity (Wildman–Crippen MR) is 119 cm³/mol. The molecular formula is C23H22N4O7. The average molecular weight is 466 g/mol. The van der Waals surface area contributed by atoms with Gasteiger partial charge in [-0.15, -0.1) is 0 Å². The van der Waals surface area contributed by atoms with Crippen LogP contribution in [0.15, 0.2) is 42.5 Å². The highest BCUT2D eigenvalue weighted by atomic mass is 16.6. The number of ether oxygens (including phenoxy) is 1. The van der Waals surface area contributed by atoms with E-state index >= 15 is 0 Å². The minimum Gasteiger partial charge on any atom is -0.376 e. The topological polar surface area (TPSA) is 148 Å². The molecular weight excluding hydrogens is 444 g/mol. The highest BCUT2D eigenvalue weighted by Crippen LogP contribution is 2.27. The van der Waals surface area contributed by atoms with E-state index in [1.54, 1.807) is 24.3 Å². The Balaban J connectivity index is 1.36. The van der Waals surface area contributed by atoms with E-state index in [-0.39, 0.29) is 47.4 Å². The second kappa shape index (κ2) is 9.79. The monoisotopic (exact) mass is 466 g/mol. The summed E-state index contributed by atoms with van der Waals surface area (Å²) in [5.74, 6) is -2.16. The molecule has 2 aliphatic heterocycles. The summed E-state index contributed by atoms with van der Waals surface area (Å²) in [6.45, 7) is 0.843. The van der Waals surface area contributed by atoms with Crippen molar-refractivity contribution in [3.05, 3.63) is 69.3 Å². The molecule has 4 rings (SSSR count). The van der Waals surface area contributed by atoms with Crippen molar-refractivity contribution in [2.75, 3.05) is 25.0 Å². The number of carbonyl (C=O) groups excluding carboxylic acids is 4. The fraction of sp³-hybridized carbons (Fsp3) is 0.304. The van der Waals surface area contributed by atoms with Crippen LogP contribution in [0.4, 0.5) is 11.4 Å². The fourth-order valence-corrected chi connectivity index (χ4v) is 3.92. The summed E-state index contributed by atoms with van der Waals surface area (Å²) >= 11 is 0. The number of imide groups is 1. The number of nitrogens with zero attached hydrogens (tertiary/aromatic N) is 2. The third-order valence-corrected chi connectivity index (χ3v) is 5.69. The molecule has 1 saturated heterocycles. The van der Waals surface area contributed by atoms with Gasteiger partial charge in [0.1, 0.15) is 0 Å². The van der Waals surface area contributed by atoms with Crippen molar-refractivity contribution in [1.29, 1.82) is 0 Å². The SMILES string of the molecule is O=C(CCN1C(=O)c2ccc([N+](=O)[O-])cc2C1=O)Nc1ccccc1C(=O)NCC1CCCO1. The standard InChI is InChI=1S/C23H22N4O7/c28-20(9-10-26-22(30)16-8-7-14(27(32)33)12-18(16)23(26)31)25-19-6-2-1-5-17(19)21(29)24-13-15-4-3-11-34-15/h1-2,5-8,12,15H,3-4,9-11,13H2,(H,24,29)(H,25,28). The Morgan fingerprint density at radius 1 is 1.12 bits per heavy atom. The zero-order valence-electron chi connectivity index (χ0n) is 18.1. The second-order valence-electron chi connectivity index (χ2n) is 7.94. The second-order valence-corrected chi connectivity index (χ2v) is 7.94. The number of hydrogen-bond donors (Lipinski definition) is 2. The minimum absolute atomic E-state index is 0.0215. The van der Waals surface area contributed by atoms with Gasteiger partial charge in [-0.25, -0.2) is 0 Å². The summed E-state index contributed by atoms with van der Waals surface area (Å²) in [5, 5.41) is 16.4. The van der Waals surface area contributed by atoms with Gasteiger partial charge in [-0.2, -0.15) is 0 Å². The van der Waals surface area contributed by atoms with Crippen molar-refractivity contribution in [2.45, 2.75) is 25.4 Å². The average Bonchev–Trinajstić information content (AvgIpc) is 3.43. The van der Waals surface area contributed by atoms with E-state index in [0.717, 1.165) is 29.9 Å². The molecule has 11 heteroatoms. The first-order chi connectivity index (χ1) is 16.3. The number of benzene rings is 2. The van der Waals surface area contributed by atoms with E-state index in [1.807, 2.05) is 0 Å². The predicted octanol–water partition coefficient (Wildman–Crippen LogP) is 2.13. The van der Waals surface area contributed by atoms with Crippen molar-refractivity contribution in [3.63, 3.8) is 0 Å². The lowest BCUT2D eigenvalue weighted by Crippen LogP contribution is -2.33. The molecule has 1 unspecified atom stereocenters. The maximum Gasteiger partial charge on any atom is 0.270 e. The first-order valence-electron chi connectivity index (χ1n) is 10.8. The summed E-state index contributed by atoms with van der Waals surface area (Å²) in [6.07, 6.45) is 1.60. The molecule has 2 aromatic carbocycles. The normalized spacial score (nSPS) is 16.9. The number of fused-ring (bicyclic) bond motifs is 1. The zero-order valence-corrected chi connectivity index (χ0v) is 18.1. The maximum absolute atomic E-state index is 12.6. The Hall–Kier alpha value is -4.12. The summed E-state index contributed by atoms with van der Waals surface area (Å²) in [7, 11) is 0. The number of rotatable bonds is 8. The molecule has 176 valence electrons. The van der Waals surface area contributed by atoms with Crippen LogP contribution in [0.1, 0.15) is 50.3 Å². The Morgan fingerprint density at radius 2 is 1.88 bits per heavy atom. The molecule has 2 heterocycles. The third kappa shape index (κ3) is 4.79. The van der Waals surface area contributed by atoms with E-state index in [4.69, 9.17) is 4.74 Å². The molecule has 34 heavy (non-hydrogen) atoms. The van der Waals surface area contributed by atoms with Gasteiger partial charge in [0.15, 0.2) is 0 Å². The van der Waals surface area contributed by atoms with Crippen molar-refractivity contribution in [2.24, 2.45) is 0 Å². The summed E-state index contributed by atoms with van der Waals surface area (Å²) in [4.78, 5) is 61.4. The zero-order chi connectivity index (χ0) is 24.2. The molecule has 0 aliphatic carbocycles. The number of anilines is 1. The van der Waals surface area contributed by atoms with Crippen molar-refractivity contribution < 1.29 is 28.8 Å². The smallest absolute Gasteiger partial charge is 0.270 e. The van der Waals surface area contributed by atoms with Crippen molar-refractivity contribution in [3.8, 4) is 0 Å². The number of nitro groups is 1.